The highest BCUT2D eigenvalue weighted by Gasteiger charge is 2.25. The number of hydrogen-bond acceptors (Lipinski definition) is 6. The van der Waals surface area contributed by atoms with Gasteiger partial charge in [0.05, 0.1) is 12.5 Å². The summed E-state index contributed by atoms with van der Waals surface area (Å²) in [5.74, 6) is -1.41. The standard InChI is InChI=1S/C26H36N6O5/c1-6-18(7-2)13-28-23(34)15-32-12-8-9-20(26(32)37)30-24(35)19(10-11-22(33)17(3)4)29-25(36)21-14-27-16-31(21)5/h8-9,12,14,16,18-19H,3,6-7,10-11,13,15H2,1-2,4-5H3,(H,28,34)(H,29,36)(H,30,35)/t19-/m0/s1. The second kappa shape index (κ2) is 13.9. The van der Waals surface area contributed by atoms with Crippen LogP contribution in [-0.2, 0) is 28.0 Å². The van der Waals surface area contributed by atoms with Crippen LogP contribution in [0, 0.1) is 5.92 Å². The molecule has 0 radical (unpaired) electrons. The van der Waals surface area contributed by atoms with Crippen LogP contribution in [0.4, 0.5) is 5.69 Å². The third-order valence-electron chi connectivity index (χ3n) is 6.14. The van der Waals surface area contributed by atoms with Gasteiger partial charge < -0.3 is 25.1 Å². The lowest BCUT2D eigenvalue weighted by atomic mass is 10.0. The molecule has 0 spiro atoms. The number of nitrogens with one attached hydrogen (secondary N) is 3. The van der Waals surface area contributed by atoms with Gasteiger partial charge in [0.25, 0.3) is 11.5 Å². The Morgan fingerprint density at radius 3 is 2.46 bits per heavy atom. The van der Waals surface area contributed by atoms with E-state index >= 15 is 0 Å². The molecule has 11 nitrogen and oxygen atoms in total. The van der Waals surface area contributed by atoms with Crippen molar-refractivity contribution in [1.82, 2.24) is 24.8 Å². The number of amides is 3. The molecule has 2 aromatic rings. The Balaban J connectivity index is 2.15. The molecule has 3 amide bonds. The molecule has 2 rings (SSSR count). The Kier molecular flexibility index (Phi) is 11.0. The molecule has 0 fully saturated rings. The van der Waals surface area contributed by atoms with Gasteiger partial charge in [0.15, 0.2) is 5.78 Å². The van der Waals surface area contributed by atoms with Gasteiger partial charge in [-0.15, -0.1) is 0 Å². The van der Waals surface area contributed by atoms with Gasteiger partial charge in [-0.05, 0) is 37.0 Å². The van der Waals surface area contributed by atoms with Crippen LogP contribution in [0.15, 0.2) is 47.8 Å². The van der Waals surface area contributed by atoms with Crippen LogP contribution in [-0.4, -0.2) is 50.2 Å². The number of carbonyl (C=O) groups is 4. The van der Waals surface area contributed by atoms with Crippen molar-refractivity contribution in [3.8, 4) is 0 Å². The molecular formula is C26H36N6O5. The molecular weight excluding hydrogens is 476 g/mol. The molecule has 37 heavy (non-hydrogen) atoms. The van der Waals surface area contributed by atoms with Crippen LogP contribution in [0.3, 0.4) is 0 Å². The number of pyridine rings is 1. The van der Waals surface area contributed by atoms with E-state index in [0.29, 0.717) is 18.0 Å². The van der Waals surface area contributed by atoms with Crippen LogP contribution < -0.4 is 21.5 Å². The average Bonchev–Trinajstić information content (AvgIpc) is 3.30. The van der Waals surface area contributed by atoms with Crippen molar-refractivity contribution in [2.45, 2.75) is 59.0 Å². The summed E-state index contributed by atoms with van der Waals surface area (Å²) in [5, 5.41) is 7.98. The Morgan fingerprint density at radius 1 is 1.16 bits per heavy atom. The Bertz CT molecular complexity index is 1190. The molecule has 3 N–H and O–H groups in total. The zero-order chi connectivity index (χ0) is 27.5. The Labute approximate surface area is 216 Å². The highest BCUT2D eigenvalue weighted by molar-refractivity contribution is 6.01. The van der Waals surface area contributed by atoms with E-state index in [0.717, 1.165) is 12.8 Å². The number of hydrogen-bond donors (Lipinski definition) is 3. The van der Waals surface area contributed by atoms with Crippen LogP contribution in [0.5, 0.6) is 0 Å². The highest BCUT2D eigenvalue weighted by atomic mass is 16.2. The SMILES string of the molecule is C=C(C)C(=O)CC[C@H](NC(=O)c1cncn1C)C(=O)Nc1cccn(CC(=O)NCC(CC)CC)c1=O. The number of rotatable bonds is 14. The van der Waals surface area contributed by atoms with E-state index in [9.17, 15) is 24.0 Å². The number of carbonyl (C=O) groups excluding carboxylic acids is 4. The first kappa shape index (κ1) is 29.2. The highest BCUT2D eigenvalue weighted by Crippen LogP contribution is 2.09. The van der Waals surface area contributed by atoms with Crippen molar-refractivity contribution >= 4 is 29.2 Å². The Hall–Kier alpha value is -4.02. The van der Waals surface area contributed by atoms with Crippen LogP contribution in [0.1, 0.15) is 56.9 Å². The first-order chi connectivity index (χ1) is 17.6. The molecule has 1 atom stereocenters. The summed E-state index contributed by atoms with van der Waals surface area (Å²) in [7, 11) is 1.63. The summed E-state index contributed by atoms with van der Waals surface area (Å²) in [6.07, 6.45) is 6.12. The molecule has 11 heteroatoms. The minimum atomic E-state index is -1.11. The second-order valence-corrected chi connectivity index (χ2v) is 8.99. The van der Waals surface area contributed by atoms with Gasteiger partial charge in [-0.25, -0.2) is 4.98 Å². The second-order valence-electron chi connectivity index (χ2n) is 8.99. The molecule has 2 heterocycles. The fraction of sp³-hybridized carbons (Fsp3) is 0.462. The lowest BCUT2D eigenvalue weighted by molar-refractivity contribution is -0.122. The molecule has 0 aliphatic carbocycles. The minimum absolute atomic E-state index is 0.000567. The van der Waals surface area contributed by atoms with Gasteiger partial charge in [0, 0.05) is 26.2 Å². The number of aromatic nitrogens is 3. The van der Waals surface area contributed by atoms with Gasteiger partial charge in [-0.2, -0.15) is 0 Å². The average molecular weight is 513 g/mol. The summed E-state index contributed by atoms with van der Waals surface area (Å²) in [6, 6.07) is 1.85. The molecule has 0 aromatic carbocycles. The zero-order valence-corrected chi connectivity index (χ0v) is 21.9. The number of nitrogens with zero attached hydrogens (tertiary/aromatic N) is 3. The maximum absolute atomic E-state index is 13.1. The quantitative estimate of drug-likeness (QED) is 0.329. The van der Waals surface area contributed by atoms with Crippen molar-refractivity contribution in [2.75, 3.05) is 11.9 Å². The van der Waals surface area contributed by atoms with E-state index in [2.05, 4.69) is 41.4 Å². The molecule has 0 unspecified atom stereocenters. The number of imidazole rings is 1. The van der Waals surface area contributed by atoms with E-state index in [1.54, 1.807) is 20.0 Å². The summed E-state index contributed by atoms with van der Waals surface area (Å²) in [5.41, 5.74) is -0.0504. The molecule has 0 aliphatic heterocycles. The van der Waals surface area contributed by atoms with Crippen molar-refractivity contribution in [3.63, 3.8) is 0 Å². The smallest absolute Gasteiger partial charge is 0.274 e. The fourth-order valence-electron chi connectivity index (χ4n) is 3.59. The summed E-state index contributed by atoms with van der Waals surface area (Å²) < 4.78 is 2.69. The topological polar surface area (TPSA) is 144 Å². The van der Waals surface area contributed by atoms with Crippen molar-refractivity contribution in [3.05, 3.63) is 59.1 Å². The number of allylic oxidation sites excluding steroid dienone is 1. The summed E-state index contributed by atoms with van der Waals surface area (Å²) in [4.78, 5) is 67.1. The van der Waals surface area contributed by atoms with Gasteiger partial charge in [0.1, 0.15) is 24.0 Å². The van der Waals surface area contributed by atoms with E-state index in [1.165, 1.54) is 33.9 Å². The minimum Gasteiger partial charge on any atom is -0.354 e. The summed E-state index contributed by atoms with van der Waals surface area (Å²) >= 11 is 0. The first-order valence-corrected chi connectivity index (χ1v) is 12.3. The fourth-order valence-corrected chi connectivity index (χ4v) is 3.59. The van der Waals surface area contributed by atoms with E-state index in [1.807, 2.05) is 0 Å². The predicted molar refractivity (Wildman–Crippen MR) is 140 cm³/mol. The van der Waals surface area contributed by atoms with Crippen molar-refractivity contribution in [1.29, 1.82) is 0 Å². The molecule has 0 saturated heterocycles. The molecule has 0 aliphatic rings. The zero-order valence-electron chi connectivity index (χ0n) is 21.9. The number of aryl methyl sites for hydroxylation is 1. The van der Waals surface area contributed by atoms with Gasteiger partial charge in [0.2, 0.25) is 11.8 Å². The number of anilines is 1. The Morgan fingerprint density at radius 2 is 1.86 bits per heavy atom. The van der Waals surface area contributed by atoms with Crippen LogP contribution >= 0.6 is 0 Å². The van der Waals surface area contributed by atoms with E-state index < -0.39 is 23.4 Å². The lowest BCUT2D eigenvalue weighted by Crippen LogP contribution is -2.45. The van der Waals surface area contributed by atoms with E-state index in [-0.39, 0.29) is 42.5 Å². The first-order valence-electron chi connectivity index (χ1n) is 12.3. The van der Waals surface area contributed by atoms with Crippen LogP contribution in [0.2, 0.25) is 0 Å². The van der Waals surface area contributed by atoms with Crippen molar-refractivity contribution in [2.24, 2.45) is 13.0 Å². The molecule has 2 aromatic heterocycles. The van der Waals surface area contributed by atoms with Gasteiger partial charge >= 0.3 is 0 Å². The molecule has 200 valence electrons. The van der Waals surface area contributed by atoms with Crippen molar-refractivity contribution < 1.29 is 19.2 Å². The largest absolute Gasteiger partial charge is 0.354 e. The van der Waals surface area contributed by atoms with Gasteiger partial charge in [-0.1, -0.05) is 33.3 Å². The van der Waals surface area contributed by atoms with Gasteiger partial charge in [-0.3, -0.25) is 24.0 Å². The number of ketones is 1. The number of Topliss-reactive ketones (excluding diaryl/α,β-unsaturated/α-hetero) is 1. The summed E-state index contributed by atoms with van der Waals surface area (Å²) in [6.45, 7) is 9.61. The normalized spacial score (nSPS) is 11.6. The molecule has 0 bridgehead atoms. The third kappa shape index (κ3) is 8.55. The monoisotopic (exact) mass is 512 g/mol. The van der Waals surface area contributed by atoms with Crippen LogP contribution in [0.25, 0.3) is 0 Å². The molecule has 0 saturated carbocycles. The predicted octanol–water partition coefficient (Wildman–Crippen LogP) is 1.80. The van der Waals surface area contributed by atoms with E-state index in [4.69, 9.17) is 0 Å². The lowest BCUT2D eigenvalue weighted by Gasteiger charge is -2.19. The maximum atomic E-state index is 13.1. The maximum Gasteiger partial charge on any atom is 0.274 e. The third-order valence-corrected chi connectivity index (χ3v) is 6.14.